The predicted molar refractivity (Wildman–Crippen MR) is 115 cm³/mol. The van der Waals surface area contributed by atoms with Crippen LogP contribution >= 0.6 is 0 Å². The molecule has 1 aromatic rings. The molecule has 0 aromatic heterocycles. The maximum absolute atomic E-state index is 12.3. The molecule has 1 aromatic carbocycles. The zero-order valence-electron chi connectivity index (χ0n) is 17.3. The number of carboxylic acid groups (broad SMARTS) is 1. The monoisotopic (exact) mass is 453 g/mol. The smallest absolute Gasteiger partial charge is 0.414 e. The van der Waals surface area contributed by atoms with E-state index in [0.29, 0.717) is 30.9 Å². The van der Waals surface area contributed by atoms with Crippen LogP contribution < -0.4 is 10.6 Å². The summed E-state index contributed by atoms with van der Waals surface area (Å²) in [5.74, 6) is -0.905. The van der Waals surface area contributed by atoms with Crippen molar-refractivity contribution in [2.45, 2.75) is 12.5 Å². The second kappa shape index (κ2) is 9.62. The number of aliphatic carboxylic acids is 1. The topological polar surface area (TPSA) is 146 Å². The molecule has 2 saturated heterocycles. The average molecular weight is 454 g/mol. The first-order chi connectivity index (χ1) is 14.6. The minimum absolute atomic E-state index is 0.113. The molecule has 2 fully saturated rings. The summed E-state index contributed by atoms with van der Waals surface area (Å²) in [6.07, 6.45) is 0.398. The number of piperazine rings is 1. The van der Waals surface area contributed by atoms with Gasteiger partial charge in [-0.25, -0.2) is 13.2 Å². The van der Waals surface area contributed by atoms with E-state index >= 15 is 0 Å². The van der Waals surface area contributed by atoms with Crippen LogP contribution in [0, 0.1) is 0 Å². The molecule has 2 aliphatic rings. The maximum atomic E-state index is 12.3. The van der Waals surface area contributed by atoms with E-state index in [1.165, 1.54) is 4.90 Å². The van der Waals surface area contributed by atoms with Gasteiger partial charge in [0, 0.05) is 50.5 Å². The SMILES string of the molecule is CS(=O)(=O)/N=C(\N)c1ccc(N2CC(CN3CCN(CCC(=O)O)CC3)OC2=O)cc1. The van der Waals surface area contributed by atoms with E-state index < -0.39 is 22.1 Å². The number of sulfonamides is 1. The Labute approximate surface area is 181 Å². The zero-order chi connectivity index (χ0) is 22.6. The van der Waals surface area contributed by atoms with Crippen molar-refractivity contribution in [2.75, 3.05) is 57.0 Å². The largest absolute Gasteiger partial charge is 0.481 e. The number of benzene rings is 1. The minimum Gasteiger partial charge on any atom is -0.481 e. The van der Waals surface area contributed by atoms with Crippen LogP contribution in [0.2, 0.25) is 0 Å². The summed E-state index contributed by atoms with van der Waals surface area (Å²) in [7, 11) is -3.59. The molecule has 2 heterocycles. The first-order valence-electron chi connectivity index (χ1n) is 9.91. The molecule has 0 saturated carbocycles. The van der Waals surface area contributed by atoms with Crippen LogP contribution in [0.15, 0.2) is 28.7 Å². The van der Waals surface area contributed by atoms with Gasteiger partial charge in [-0.2, -0.15) is 0 Å². The number of amides is 1. The molecule has 11 nitrogen and oxygen atoms in total. The first kappa shape index (κ1) is 23.0. The lowest BCUT2D eigenvalue weighted by Gasteiger charge is -2.35. The Balaban J connectivity index is 1.53. The Bertz CT molecular complexity index is 941. The number of carbonyl (C=O) groups is 2. The fourth-order valence-corrected chi connectivity index (χ4v) is 4.07. The van der Waals surface area contributed by atoms with E-state index in [2.05, 4.69) is 14.2 Å². The fraction of sp³-hybridized carbons (Fsp3) is 0.526. The molecule has 0 aliphatic carbocycles. The second-order valence-electron chi connectivity index (χ2n) is 7.66. The summed E-state index contributed by atoms with van der Waals surface area (Å²) < 4.78 is 31.4. The molecule has 0 bridgehead atoms. The van der Waals surface area contributed by atoms with E-state index in [9.17, 15) is 18.0 Å². The second-order valence-corrected chi connectivity index (χ2v) is 9.31. The van der Waals surface area contributed by atoms with Gasteiger partial charge in [0.15, 0.2) is 0 Å². The average Bonchev–Trinajstić information content (AvgIpc) is 3.06. The number of hydrogen-bond donors (Lipinski definition) is 2. The summed E-state index contributed by atoms with van der Waals surface area (Å²) >= 11 is 0. The number of nitrogens with two attached hydrogens (primary N) is 1. The highest BCUT2D eigenvalue weighted by molar-refractivity contribution is 7.89. The van der Waals surface area contributed by atoms with Gasteiger partial charge in [0.05, 0.1) is 19.2 Å². The van der Waals surface area contributed by atoms with E-state index in [4.69, 9.17) is 15.6 Å². The first-order valence-corrected chi connectivity index (χ1v) is 11.8. The van der Waals surface area contributed by atoms with Crippen LogP contribution in [-0.2, 0) is 19.6 Å². The lowest BCUT2D eigenvalue weighted by molar-refractivity contribution is -0.137. The van der Waals surface area contributed by atoms with Gasteiger partial charge in [-0.3, -0.25) is 14.6 Å². The summed E-state index contributed by atoms with van der Waals surface area (Å²) in [4.78, 5) is 28.9. The number of carboxylic acids is 1. The zero-order valence-corrected chi connectivity index (χ0v) is 18.1. The Morgan fingerprint density at radius 3 is 2.39 bits per heavy atom. The number of hydrogen-bond acceptors (Lipinski definition) is 7. The third-order valence-electron chi connectivity index (χ3n) is 5.18. The van der Waals surface area contributed by atoms with Gasteiger partial charge in [0.2, 0.25) is 0 Å². The molecule has 1 unspecified atom stereocenters. The quantitative estimate of drug-likeness (QED) is 0.402. The molecule has 2 aliphatic heterocycles. The van der Waals surface area contributed by atoms with Gasteiger partial charge in [-0.05, 0) is 24.3 Å². The van der Waals surface area contributed by atoms with Crippen molar-refractivity contribution in [3.8, 4) is 0 Å². The molecule has 1 atom stereocenters. The van der Waals surface area contributed by atoms with Gasteiger partial charge >= 0.3 is 12.1 Å². The fourth-order valence-electron chi connectivity index (χ4n) is 3.61. The Morgan fingerprint density at radius 2 is 1.81 bits per heavy atom. The Kier molecular flexibility index (Phi) is 7.13. The highest BCUT2D eigenvalue weighted by Gasteiger charge is 2.34. The standard InChI is InChI=1S/C19H27N5O6S/c1-31(28,29)21-18(20)14-2-4-15(5-3-14)24-13-16(30-19(24)27)12-23-10-8-22(9-11-23)7-6-17(25)26/h2-5,16H,6-13H2,1H3,(H2,20,21)(H,25,26). The molecule has 1 amide bonds. The van der Waals surface area contributed by atoms with Gasteiger partial charge in [-0.15, -0.1) is 4.40 Å². The summed E-state index contributed by atoms with van der Waals surface area (Å²) in [5.41, 5.74) is 6.78. The van der Waals surface area contributed by atoms with E-state index in [1.54, 1.807) is 24.3 Å². The Hall–Kier alpha value is -2.70. The molecule has 3 rings (SSSR count). The van der Waals surface area contributed by atoms with Crippen LogP contribution in [0.5, 0.6) is 0 Å². The van der Waals surface area contributed by atoms with Gasteiger partial charge in [-0.1, -0.05) is 0 Å². The van der Waals surface area contributed by atoms with E-state index in [-0.39, 0.29) is 18.4 Å². The van der Waals surface area contributed by atoms with Crippen LogP contribution in [-0.4, -0.2) is 99.4 Å². The molecule has 31 heavy (non-hydrogen) atoms. The number of rotatable bonds is 8. The molecule has 12 heteroatoms. The lowest BCUT2D eigenvalue weighted by atomic mass is 10.2. The van der Waals surface area contributed by atoms with Crippen LogP contribution in [0.1, 0.15) is 12.0 Å². The van der Waals surface area contributed by atoms with Gasteiger partial charge in [0.25, 0.3) is 10.0 Å². The number of carbonyl (C=O) groups excluding carboxylic acids is 1. The van der Waals surface area contributed by atoms with Crippen molar-refractivity contribution >= 4 is 33.6 Å². The normalized spacial score (nSPS) is 21.3. The number of cyclic esters (lactones) is 1. The summed E-state index contributed by atoms with van der Waals surface area (Å²) in [5, 5.41) is 8.79. The summed E-state index contributed by atoms with van der Waals surface area (Å²) in [6.45, 7) is 4.73. The maximum Gasteiger partial charge on any atom is 0.414 e. The third kappa shape index (κ3) is 6.64. The number of nitrogens with zero attached hydrogens (tertiary/aromatic N) is 4. The van der Waals surface area contributed by atoms with Crippen LogP contribution in [0.4, 0.5) is 10.5 Å². The molecule has 3 N–H and O–H groups in total. The Morgan fingerprint density at radius 1 is 1.19 bits per heavy atom. The van der Waals surface area contributed by atoms with E-state index in [1.807, 2.05) is 0 Å². The molecule has 170 valence electrons. The van der Waals surface area contributed by atoms with Gasteiger partial charge < -0.3 is 20.5 Å². The highest BCUT2D eigenvalue weighted by Crippen LogP contribution is 2.23. The van der Waals surface area contributed by atoms with Crippen molar-refractivity contribution in [1.82, 2.24) is 9.80 Å². The molecular weight excluding hydrogens is 426 g/mol. The van der Waals surface area contributed by atoms with Gasteiger partial charge in [0.1, 0.15) is 11.9 Å². The van der Waals surface area contributed by atoms with E-state index in [0.717, 1.165) is 32.4 Å². The molecule has 0 spiro atoms. The number of ether oxygens (including phenoxy) is 1. The van der Waals surface area contributed by atoms with Crippen molar-refractivity contribution in [3.63, 3.8) is 0 Å². The highest BCUT2D eigenvalue weighted by atomic mass is 32.2. The molecule has 0 radical (unpaired) electrons. The van der Waals surface area contributed by atoms with Crippen LogP contribution in [0.25, 0.3) is 0 Å². The lowest BCUT2D eigenvalue weighted by Crippen LogP contribution is -2.49. The van der Waals surface area contributed by atoms with Crippen molar-refractivity contribution < 1.29 is 27.9 Å². The summed E-state index contributed by atoms with van der Waals surface area (Å²) in [6, 6.07) is 6.56. The predicted octanol–water partition coefficient (Wildman–Crippen LogP) is -0.231. The van der Waals surface area contributed by atoms with Crippen molar-refractivity contribution in [3.05, 3.63) is 29.8 Å². The van der Waals surface area contributed by atoms with Crippen molar-refractivity contribution in [2.24, 2.45) is 10.1 Å². The third-order valence-corrected chi connectivity index (χ3v) is 5.71. The molecular formula is C19H27N5O6S. The minimum atomic E-state index is -3.59. The van der Waals surface area contributed by atoms with Crippen LogP contribution in [0.3, 0.4) is 0 Å². The number of anilines is 1. The van der Waals surface area contributed by atoms with Crippen molar-refractivity contribution in [1.29, 1.82) is 0 Å². The number of amidine groups is 1.